The minimum Gasteiger partial charge on any atom is -0.311 e. The van der Waals surface area contributed by atoms with Gasteiger partial charge in [-0.05, 0) is 12.0 Å². The molecule has 2 heterocycles. The maximum absolute atomic E-state index is 12.4. The molecule has 2 aliphatic rings. The summed E-state index contributed by atoms with van der Waals surface area (Å²) in [4.78, 5) is 29.4. The van der Waals surface area contributed by atoms with Gasteiger partial charge in [0.15, 0.2) is 0 Å². The molecule has 20 heavy (non-hydrogen) atoms. The number of carbonyl (C=O) groups excluding carboxylic acids is 2. The molecule has 0 saturated carbocycles. The summed E-state index contributed by atoms with van der Waals surface area (Å²) < 4.78 is 0. The predicted molar refractivity (Wildman–Crippen MR) is 75.0 cm³/mol. The van der Waals surface area contributed by atoms with E-state index in [9.17, 15) is 9.59 Å². The Bertz CT molecular complexity index is 545. The lowest BCUT2D eigenvalue weighted by Gasteiger charge is -2.28. The highest BCUT2D eigenvalue weighted by Crippen LogP contribution is 2.35. The SMILES string of the molecule is CN1C(=O)N(C)C2(CCN(Cc3ccccc3)C2)C1=O. The average Bonchev–Trinajstić information content (AvgIpc) is 2.95. The van der Waals surface area contributed by atoms with Gasteiger partial charge >= 0.3 is 6.03 Å². The van der Waals surface area contributed by atoms with E-state index in [2.05, 4.69) is 17.0 Å². The van der Waals surface area contributed by atoms with Crippen LogP contribution in [0.1, 0.15) is 12.0 Å². The van der Waals surface area contributed by atoms with Crippen molar-refractivity contribution in [2.75, 3.05) is 27.2 Å². The molecule has 5 heteroatoms. The van der Waals surface area contributed by atoms with Crippen LogP contribution in [0.25, 0.3) is 0 Å². The number of imide groups is 1. The van der Waals surface area contributed by atoms with Crippen LogP contribution in [0, 0.1) is 0 Å². The van der Waals surface area contributed by atoms with Crippen LogP contribution in [0.3, 0.4) is 0 Å². The van der Waals surface area contributed by atoms with Gasteiger partial charge in [0.05, 0.1) is 0 Å². The van der Waals surface area contributed by atoms with Crippen molar-refractivity contribution in [3.05, 3.63) is 35.9 Å². The molecule has 1 aromatic carbocycles. The fourth-order valence-electron chi connectivity index (χ4n) is 3.25. The van der Waals surface area contributed by atoms with Gasteiger partial charge in [-0.2, -0.15) is 0 Å². The van der Waals surface area contributed by atoms with E-state index in [1.54, 1.807) is 19.0 Å². The molecular formula is C15H19N3O2. The third-order valence-corrected chi connectivity index (χ3v) is 4.49. The molecule has 0 aliphatic carbocycles. The summed E-state index contributed by atoms with van der Waals surface area (Å²) in [6.07, 6.45) is 0.714. The van der Waals surface area contributed by atoms with E-state index < -0.39 is 5.54 Å². The number of hydrogen-bond donors (Lipinski definition) is 0. The minimum absolute atomic E-state index is 0.0689. The molecule has 2 saturated heterocycles. The topological polar surface area (TPSA) is 43.9 Å². The largest absolute Gasteiger partial charge is 0.327 e. The number of benzene rings is 1. The fraction of sp³-hybridized carbons (Fsp3) is 0.467. The van der Waals surface area contributed by atoms with E-state index in [1.807, 2.05) is 18.2 Å². The van der Waals surface area contributed by atoms with Crippen LogP contribution < -0.4 is 0 Å². The molecule has 0 aromatic heterocycles. The Labute approximate surface area is 118 Å². The molecule has 0 radical (unpaired) electrons. The zero-order valence-corrected chi connectivity index (χ0v) is 11.9. The molecule has 2 fully saturated rings. The minimum atomic E-state index is -0.652. The number of likely N-dealkylation sites (tertiary alicyclic amines) is 1. The first-order chi connectivity index (χ1) is 9.54. The van der Waals surface area contributed by atoms with Crippen molar-refractivity contribution >= 4 is 11.9 Å². The smallest absolute Gasteiger partial charge is 0.311 e. The van der Waals surface area contributed by atoms with E-state index in [0.717, 1.165) is 13.1 Å². The summed E-state index contributed by atoms with van der Waals surface area (Å²) in [7, 11) is 3.30. The van der Waals surface area contributed by atoms with Crippen molar-refractivity contribution < 1.29 is 9.59 Å². The molecule has 1 spiro atoms. The first-order valence-electron chi connectivity index (χ1n) is 6.87. The summed E-state index contributed by atoms with van der Waals surface area (Å²) in [5, 5.41) is 0. The van der Waals surface area contributed by atoms with E-state index in [1.165, 1.54) is 10.5 Å². The summed E-state index contributed by atoms with van der Waals surface area (Å²) in [5.41, 5.74) is 0.581. The normalized spacial score (nSPS) is 27.1. The Balaban J connectivity index is 1.76. The maximum Gasteiger partial charge on any atom is 0.327 e. The zero-order chi connectivity index (χ0) is 14.3. The van der Waals surface area contributed by atoms with Gasteiger partial charge in [0, 0.05) is 33.7 Å². The first kappa shape index (κ1) is 13.1. The standard InChI is InChI=1S/C15H19N3O2/c1-16-13(19)15(17(2)14(16)20)8-9-18(11-15)10-12-6-4-3-5-7-12/h3-7H,8-11H2,1-2H3. The van der Waals surface area contributed by atoms with Crippen LogP contribution in [0.4, 0.5) is 4.79 Å². The highest BCUT2D eigenvalue weighted by atomic mass is 16.2. The lowest BCUT2D eigenvalue weighted by Crippen LogP contribution is -2.49. The Hall–Kier alpha value is -1.88. The number of amides is 3. The molecule has 0 bridgehead atoms. The molecule has 5 nitrogen and oxygen atoms in total. The number of urea groups is 1. The molecule has 1 atom stereocenters. The van der Waals surface area contributed by atoms with E-state index in [0.29, 0.717) is 13.0 Å². The van der Waals surface area contributed by atoms with Crippen molar-refractivity contribution in [1.82, 2.24) is 14.7 Å². The maximum atomic E-state index is 12.4. The molecule has 1 aromatic rings. The van der Waals surface area contributed by atoms with Crippen LogP contribution >= 0.6 is 0 Å². The number of hydrogen-bond acceptors (Lipinski definition) is 3. The van der Waals surface area contributed by atoms with E-state index in [-0.39, 0.29) is 11.9 Å². The molecular weight excluding hydrogens is 254 g/mol. The monoisotopic (exact) mass is 273 g/mol. The Morgan fingerprint density at radius 1 is 1.15 bits per heavy atom. The summed E-state index contributed by atoms with van der Waals surface area (Å²) in [5.74, 6) is -0.0689. The van der Waals surface area contributed by atoms with Crippen LogP contribution in [-0.4, -0.2) is 59.4 Å². The van der Waals surface area contributed by atoms with Crippen molar-refractivity contribution in [2.45, 2.75) is 18.5 Å². The van der Waals surface area contributed by atoms with Crippen LogP contribution in [0.5, 0.6) is 0 Å². The fourth-order valence-corrected chi connectivity index (χ4v) is 3.25. The Kier molecular flexibility index (Phi) is 3.01. The predicted octanol–water partition coefficient (Wildman–Crippen LogP) is 1.15. The molecule has 3 rings (SSSR count). The molecule has 1 unspecified atom stereocenters. The molecule has 3 amide bonds. The number of carbonyl (C=O) groups is 2. The van der Waals surface area contributed by atoms with Crippen LogP contribution in [0.2, 0.25) is 0 Å². The summed E-state index contributed by atoms with van der Waals surface area (Å²) >= 11 is 0. The Morgan fingerprint density at radius 2 is 1.85 bits per heavy atom. The van der Waals surface area contributed by atoms with Crippen LogP contribution in [-0.2, 0) is 11.3 Å². The number of rotatable bonds is 2. The van der Waals surface area contributed by atoms with E-state index in [4.69, 9.17) is 0 Å². The second-order valence-electron chi connectivity index (χ2n) is 5.68. The second-order valence-corrected chi connectivity index (χ2v) is 5.68. The zero-order valence-electron chi connectivity index (χ0n) is 11.9. The molecule has 0 N–H and O–H groups in total. The van der Waals surface area contributed by atoms with E-state index >= 15 is 0 Å². The lowest BCUT2D eigenvalue weighted by molar-refractivity contribution is -0.131. The van der Waals surface area contributed by atoms with Gasteiger partial charge in [-0.1, -0.05) is 30.3 Å². The highest BCUT2D eigenvalue weighted by Gasteiger charge is 2.57. The number of likely N-dealkylation sites (N-methyl/N-ethyl adjacent to an activating group) is 2. The van der Waals surface area contributed by atoms with Crippen molar-refractivity contribution in [3.63, 3.8) is 0 Å². The van der Waals surface area contributed by atoms with Gasteiger partial charge in [-0.3, -0.25) is 14.6 Å². The van der Waals surface area contributed by atoms with Gasteiger partial charge in [0.2, 0.25) is 0 Å². The summed E-state index contributed by atoms with van der Waals surface area (Å²) in [6, 6.07) is 10.0. The van der Waals surface area contributed by atoms with Crippen molar-refractivity contribution in [3.8, 4) is 0 Å². The van der Waals surface area contributed by atoms with Gasteiger partial charge in [0.1, 0.15) is 5.54 Å². The quantitative estimate of drug-likeness (QED) is 0.759. The second kappa shape index (κ2) is 4.59. The Morgan fingerprint density at radius 3 is 2.45 bits per heavy atom. The van der Waals surface area contributed by atoms with Crippen molar-refractivity contribution in [2.24, 2.45) is 0 Å². The van der Waals surface area contributed by atoms with Gasteiger partial charge < -0.3 is 4.90 Å². The van der Waals surface area contributed by atoms with Gasteiger partial charge in [0.25, 0.3) is 5.91 Å². The van der Waals surface area contributed by atoms with Gasteiger partial charge in [-0.25, -0.2) is 4.79 Å². The molecule has 2 aliphatic heterocycles. The van der Waals surface area contributed by atoms with Crippen LogP contribution in [0.15, 0.2) is 30.3 Å². The molecule has 106 valence electrons. The third kappa shape index (κ3) is 1.81. The van der Waals surface area contributed by atoms with Crippen molar-refractivity contribution in [1.29, 1.82) is 0 Å². The summed E-state index contributed by atoms with van der Waals surface area (Å²) in [6.45, 7) is 2.28. The first-order valence-corrected chi connectivity index (χ1v) is 6.87. The third-order valence-electron chi connectivity index (χ3n) is 4.49. The highest BCUT2D eigenvalue weighted by molar-refractivity contribution is 6.07. The average molecular weight is 273 g/mol. The lowest BCUT2D eigenvalue weighted by atomic mass is 9.97. The number of nitrogens with zero attached hydrogens (tertiary/aromatic N) is 3. The van der Waals surface area contributed by atoms with Gasteiger partial charge in [-0.15, -0.1) is 0 Å².